The molecule has 0 radical (unpaired) electrons. The van der Waals surface area contributed by atoms with Gasteiger partial charge in [-0.25, -0.2) is 0 Å². The highest BCUT2D eigenvalue weighted by Crippen LogP contribution is 2.58. The number of carbonyl (C=O) groups is 2. The van der Waals surface area contributed by atoms with E-state index in [0.29, 0.717) is 12.1 Å². The molecule has 2 amide bonds. The summed E-state index contributed by atoms with van der Waals surface area (Å²) < 4.78 is 0. The van der Waals surface area contributed by atoms with Crippen LogP contribution in [-0.2, 0) is 4.79 Å². The lowest BCUT2D eigenvalue weighted by molar-refractivity contribution is -0.118. The summed E-state index contributed by atoms with van der Waals surface area (Å²) >= 11 is 0. The Balaban J connectivity index is 1.46. The van der Waals surface area contributed by atoms with Crippen LogP contribution in [0.4, 0.5) is 5.69 Å². The van der Waals surface area contributed by atoms with E-state index in [1.807, 2.05) is 12.1 Å². The summed E-state index contributed by atoms with van der Waals surface area (Å²) in [5, 5.41) is 9.33. The lowest BCUT2D eigenvalue weighted by Crippen LogP contribution is -2.34. The highest BCUT2D eigenvalue weighted by Gasteiger charge is 2.57. The van der Waals surface area contributed by atoms with Gasteiger partial charge in [-0.15, -0.1) is 0 Å². The molecule has 0 aromatic heterocycles. The Morgan fingerprint density at radius 2 is 1.81 bits per heavy atom. The molecule has 27 heavy (non-hydrogen) atoms. The molecule has 1 saturated heterocycles. The normalized spacial score (nSPS) is 20.5. The van der Waals surface area contributed by atoms with Crippen molar-refractivity contribution in [1.29, 1.82) is 0 Å². The van der Waals surface area contributed by atoms with Crippen molar-refractivity contribution in [1.82, 2.24) is 15.5 Å². The predicted octanol–water partition coefficient (Wildman–Crippen LogP) is 2.09. The van der Waals surface area contributed by atoms with Gasteiger partial charge < -0.3 is 20.9 Å². The van der Waals surface area contributed by atoms with Crippen LogP contribution in [-0.4, -0.2) is 56.0 Å². The molecule has 1 aliphatic carbocycles. The quantitative estimate of drug-likeness (QED) is 0.653. The molecule has 2 aliphatic rings. The minimum absolute atomic E-state index is 0.0733. The number of likely N-dealkylation sites (N-methyl/N-ethyl adjacent to an activating group) is 1. The van der Waals surface area contributed by atoms with Crippen LogP contribution in [0, 0.1) is 11.3 Å². The Morgan fingerprint density at radius 3 is 2.44 bits per heavy atom. The van der Waals surface area contributed by atoms with E-state index in [2.05, 4.69) is 34.7 Å². The van der Waals surface area contributed by atoms with Crippen molar-refractivity contribution >= 4 is 17.5 Å². The summed E-state index contributed by atoms with van der Waals surface area (Å²) in [4.78, 5) is 27.0. The molecule has 1 spiro atoms. The molecule has 6 nitrogen and oxygen atoms in total. The Labute approximate surface area is 162 Å². The molecule has 1 heterocycles. The molecule has 1 aliphatic heterocycles. The maximum absolute atomic E-state index is 12.5. The molecule has 1 unspecified atom stereocenters. The second-order valence-corrected chi connectivity index (χ2v) is 7.72. The number of piperidine rings is 1. The van der Waals surface area contributed by atoms with Crippen molar-refractivity contribution in [2.45, 2.75) is 33.1 Å². The third kappa shape index (κ3) is 4.87. The van der Waals surface area contributed by atoms with Crippen molar-refractivity contribution in [3.63, 3.8) is 0 Å². The fraction of sp³-hybridized carbons (Fsp3) is 0.619. The van der Waals surface area contributed by atoms with Gasteiger partial charge in [0.05, 0.1) is 0 Å². The fourth-order valence-corrected chi connectivity index (χ4v) is 4.10. The monoisotopic (exact) mass is 372 g/mol. The minimum Gasteiger partial charge on any atom is -0.351 e. The summed E-state index contributed by atoms with van der Waals surface area (Å²) in [7, 11) is 0. The Hall–Kier alpha value is -1.92. The lowest BCUT2D eigenvalue weighted by Gasteiger charge is -2.23. The standard InChI is InChI=1S/C21H32N4O2/c1-3-25(4-2)14-13-23-19(26)16-5-7-17(8-6-16)24-20(27)18-15-21(18)9-11-22-12-10-21/h5-8,18,22H,3-4,9-15H2,1-2H3,(H,23,26)(H,24,27). The number of anilines is 1. The number of benzene rings is 1. The first kappa shape index (κ1) is 19.8. The molecule has 1 saturated carbocycles. The van der Waals surface area contributed by atoms with Gasteiger partial charge in [0.2, 0.25) is 5.91 Å². The first-order valence-electron chi connectivity index (χ1n) is 10.2. The van der Waals surface area contributed by atoms with Gasteiger partial charge in [-0.05, 0) is 75.1 Å². The van der Waals surface area contributed by atoms with Gasteiger partial charge >= 0.3 is 0 Å². The topological polar surface area (TPSA) is 73.5 Å². The van der Waals surface area contributed by atoms with E-state index in [-0.39, 0.29) is 23.1 Å². The molecule has 3 N–H and O–H groups in total. The number of amides is 2. The number of nitrogens with zero attached hydrogens (tertiary/aromatic N) is 1. The van der Waals surface area contributed by atoms with E-state index in [1.54, 1.807) is 12.1 Å². The van der Waals surface area contributed by atoms with E-state index in [9.17, 15) is 9.59 Å². The zero-order valence-electron chi connectivity index (χ0n) is 16.5. The van der Waals surface area contributed by atoms with Crippen molar-refractivity contribution in [2.75, 3.05) is 44.6 Å². The van der Waals surface area contributed by atoms with E-state index in [1.165, 1.54) is 0 Å². The molecular formula is C21H32N4O2. The van der Waals surface area contributed by atoms with Gasteiger partial charge in [-0.1, -0.05) is 13.8 Å². The van der Waals surface area contributed by atoms with Gasteiger partial charge in [-0.3, -0.25) is 9.59 Å². The second kappa shape index (κ2) is 8.85. The third-order valence-corrected chi connectivity index (χ3v) is 6.13. The van der Waals surface area contributed by atoms with E-state index in [0.717, 1.165) is 57.7 Å². The van der Waals surface area contributed by atoms with E-state index < -0.39 is 0 Å². The highest BCUT2D eigenvalue weighted by atomic mass is 16.2. The van der Waals surface area contributed by atoms with Crippen molar-refractivity contribution < 1.29 is 9.59 Å². The third-order valence-electron chi connectivity index (χ3n) is 6.13. The van der Waals surface area contributed by atoms with Gasteiger partial charge in [0, 0.05) is 30.3 Å². The Kier molecular flexibility index (Phi) is 6.50. The molecule has 1 aromatic carbocycles. The van der Waals surface area contributed by atoms with Crippen LogP contribution in [0.2, 0.25) is 0 Å². The maximum atomic E-state index is 12.5. The lowest BCUT2D eigenvalue weighted by atomic mass is 9.92. The number of nitrogens with one attached hydrogen (secondary N) is 3. The van der Waals surface area contributed by atoms with E-state index in [4.69, 9.17) is 0 Å². The van der Waals surface area contributed by atoms with Gasteiger partial charge in [0.15, 0.2) is 0 Å². The van der Waals surface area contributed by atoms with Crippen LogP contribution >= 0.6 is 0 Å². The van der Waals surface area contributed by atoms with Crippen LogP contribution in [0.5, 0.6) is 0 Å². The molecule has 6 heteroatoms. The summed E-state index contributed by atoms with van der Waals surface area (Å²) in [6, 6.07) is 7.18. The summed E-state index contributed by atoms with van der Waals surface area (Å²) in [6.45, 7) is 9.73. The molecule has 148 valence electrons. The second-order valence-electron chi connectivity index (χ2n) is 7.72. The first-order valence-corrected chi connectivity index (χ1v) is 10.2. The van der Waals surface area contributed by atoms with Gasteiger partial charge in [0.1, 0.15) is 0 Å². The number of rotatable bonds is 8. The summed E-state index contributed by atoms with van der Waals surface area (Å²) in [6.07, 6.45) is 3.20. The molecule has 1 atom stereocenters. The maximum Gasteiger partial charge on any atom is 0.251 e. The van der Waals surface area contributed by atoms with Crippen LogP contribution in [0.25, 0.3) is 0 Å². The van der Waals surface area contributed by atoms with Crippen LogP contribution in [0.1, 0.15) is 43.5 Å². The first-order chi connectivity index (χ1) is 13.1. The van der Waals surface area contributed by atoms with Gasteiger partial charge in [0.25, 0.3) is 5.91 Å². The zero-order chi connectivity index (χ0) is 19.3. The van der Waals surface area contributed by atoms with Crippen molar-refractivity contribution in [2.24, 2.45) is 11.3 Å². The Morgan fingerprint density at radius 1 is 1.15 bits per heavy atom. The Bertz CT molecular complexity index is 649. The van der Waals surface area contributed by atoms with Gasteiger partial charge in [-0.2, -0.15) is 0 Å². The van der Waals surface area contributed by atoms with E-state index >= 15 is 0 Å². The molecule has 3 rings (SSSR count). The SMILES string of the molecule is CCN(CC)CCNC(=O)c1ccc(NC(=O)C2CC23CCNCC3)cc1. The number of carbonyl (C=O) groups excluding carboxylic acids is 2. The smallest absolute Gasteiger partial charge is 0.251 e. The van der Waals surface area contributed by atoms with Crippen molar-refractivity contribution in [3.8, 4) is 0 Å². The fourth-order valence-electron chi connectivity index (χ4n) is 4.10. The van der Waals surface area contributed by atoms with Crippen LogP contribution in [0.3, 0.4) is 0 Å². The molecular weight excluding hydrogens is 340 g/mol. The number of hydrogen-bond donors (Lipinski definition) is 3. The average molecular weight is 373 g/mol. The van der Waals surface area contributed by atoms with Crippen LogP contribution in [0.15, 0.2) is 24.3 Å². The highest BCUT2D eigenvalue weighted by molar-refractivity contribution is 5.97. The molecule has 1 aromatic rings. The summed E-state index contributed by atoms with van der Waals surface area (Å²) in [5.74, 6) is 0.187. The molecule has 2 fully saturated rings. The predicted molar refractivity (Wildman–Crippen MR) is 108 cm³/mol. The summed E-state index contributed by atoms with van der Waals surface area (Å²) in [5.41, 5.74) is 1.62. The molecule has 0 bridgehead atoms. The van der Waals surface area contributed by atoms with Crippen LogP contribution < -0.4 is 16.0 Å². The van der Waals surface area contributed by atoms with Crippen molar-refractivity contribution in [3.05, 3.63) is 29.8 Å². The largest absolute Gasteiger partial charge is 0.351 e. The number of hydrogen-bond acceptors (Lipinski definition) is 4. The zero-order valence-corrected chi connectivity index (χ0v) is 16.5. The average Bonchev–Trinajstić information content (AvgIpc) is 3.39. The minimum atomic E-state index is -0.0733.